The van der Waals surface area contributed by atoms with Gasteiger partial charge in [-0.2, -0.15) is 0 Å². The molecule has 0 radical (unpaired) electrons. The van der Waals surface area contributed by atoms with Gasteiger partial charge in [0.05, 0.1) is 23.5 Å². The lowest BCUT2D eigenvalue weighted by Gasteiger charge is -2.16. The number of rotatable bonds is 8. The Morgan fingerprint density at radius 3 is 2.32 bits per heavy atom. The normalized spacial score (nSPS) is 11.9. The number of hydrogen-bond donors (Lipinski definition) is 1. The van der Waals surface area contributed by atoms with Crippen LogP contribution in [-0.2, 0) is 11.2 Å². The van der Waals surface area contributed by atoms with E-state index in [0.29, 0.717) is 29.1 Å². The van der Waals surface area contributed by atoms with E-state index < -0.39 is 0 Å². The average Bonchev–Trinajstić information content (AvgIpc) is 2.70. The van der Waals surface area contributed by atoms with Crippen molar-refractivity contribution in [2.75, 3.05) is 5.32 Å². The van der Waals surface area contributed by atoms with Gasteiger partial charge in [-0.3, -0.25) is 9.78 Å². The van der Waals surface area contributed by atoms with Crippen LogP contribution in [0.3, 0.4) is 0 Å². The van der Waals surface area contributed by atoms with Gasteiger partial charge in [-0.05, 0) is 82.6 Å². The summed E-state index contributed by atoms with van der Waals surface area (Å²) in [6.07, 6.45) is 0.963. The molecule has 1 atom stereocenters. The highest BCUT2D eigenvalue weighted by Crippen LogP contribution is 2.26. The van der Waals surface area contributed by atoms with Crippen LogP contribution in [0.4, 0.5) is 5.69 Å². The van der Waals surface area contributed by atoms with E-state index in [0.717, 1.165) is 17.0 Å². The molecule has 1 amide bonds. The molecule has 0 saturated heterocycles. The summed E-state index contributed by atoms with van der Waals surface area (Å²) in [6.45, 7) is 9.92. The monoisotopic (exact) mass is 418 g/mol. The summed E-state index contributed by atoms with van der Waals surface area (Å²) in [5.41, 5.74) is 3.94. The van der Waals surface area contributed by atoms with Crippen molar-refractivity contribution in [1.29, 1.82) is 0 Å². The average molecular weight is 419 g/mol. The number of hydrogen-bond acceptors (Lipinski definition) is 4. The molecule has 1 unspecified atom stereocenters. The molecule has 31 heavy (non-hydrogen) atoms. The molecule has 5 heteroatoms. The van der Waals surface area contributed by atoms with Gasteiger partial charge in [0.2, 0.25) is 0 Å². The lowest BCUT2D eigenvalue weighted by atomic mass is 10.1. The SMILES string of the molecule is Cc1ccccc1Oc1ccc(NC(=O)c2ccc(CC(C)OC(C)C)nc2C)cc1. The molecular formula is C26H30N2O3. The van der Waals surface area contributed by atoms with E-state index >= 15 is 0 Å². The third kappa shape index (κ3) is 6.40. The third-order valence-corrected chi connectivity index (χ3v) is 4.82. The van der Waals surface area contributed by atoms with Crippen molar-refractivity contribution in [2.45, 2.75) is 53.2 Å². The maximum absolute atomic E-state index is 12.7. The number of aryl methyl sites for hydroxylation is 2. The molecule has 1 heterocycles. The quantitative estimate of drug-likeness (QED) is 0.480. The molecule has 162 valence electrons. The minimum Gasteiger partial charge on any atom is -0.457 e. The number of carbonyl (C=O) groups is 1. The maximum Gasteiger partial charge on any atom is 0.257 e. The Hall–Kier alpha value is -3.18. The molecule has 1 aromatic heterocycles. The van der Waals surface area contributed by atoms with Crippen LogP contribution in [-0.4, -0.2) is 23.1 Å². The van der Waals surface area contributed by atoms with Crippen molar-refractivity contribution < 1.29 is 14.3 Å². The third-order valence-electron chi connectivity index (χ3n) is 4.82. The van der Waals surface area contributed by atoms with Gasteiger partial charge < -0.3 is 14.8 Å². The van der Waals surface area contributed by atoms with Gasteiger partial charge in [0.25, 0.3) is 5.91 Å². The van der Waals surface area contributed by atoms with E-state index in [4.69, 9.17) is 9.47 Å². The van der Waals surface area contributed by atoms with Gasteiger partial charge in [0.15, 0.2) is 0 Å². The topological polar surface area (TPSA) is 60.5 Å². The number of para-hydroxylation sites is 1. The van der Waals surface area contributed by atoms with Crippen molar-refractivity contribution in [3.8, 4) is 11.5 Å². The molecule has 3 rings (SSSR count). The molecule has 0 aliphatic rings. The Bertz CT molecular complexity index is 1030. The van der Waals surface area contributed by atoms with E-state index in [1.54, 1.807) is 0 Å². The van der Waals surface area contributed by atoms with E-state index in [2.05, 4.69) is 10.3 Å². The predicted molar refractivity (Wildman–Crippen MR) is 124 cm³/mol. The van der Waals surface area contributed by atoms with E-state index in [1.807, 2.05) is 95.3 Å². The van der Waals surface area contributed by atoms with E-state index in [-0.39, 0.29) is 18.1 Å². The number of aromatic nitrogens is 1. The first-order valence-corrected chi connectivity index (χ1v) is 10.6. The summed E-state index contributed by atoms with van der Waals surface area (Å²) >= 11 is 0. The number of nitrogens with one attached hydrogen (secondary N) is 1. The van der Waals surface area contributed by atoms with Gasteiger partial charge in [-0.25, -0.2) is 0 Å². The summed E-state index contributed by atoms with van der Waals surface area (Å²) in [6, 6.07) is 18.9. The summed E-state index contributed by atoms with van der Waals surface area (Å²) in [7, 11) is 0. The van der Waals surface area contributed by atoms with Crippen LogP contribution in [0.15, 0.2) is 60.7 Å². The number of amides is 1. The molecule has 0 bridgehead atoms. The number of nitrogens with zero attached hydrogens (tertiary/aromatic N) is 1. The predicted octanol–water partition coefficient (Wildman–Crippen LogP) is 6.10. The zero-order valence-corrected chi connectivity index (χ0v) is 18.8. The summed E-state index contributed by atoms with van der Waals surface area (Å²) < 4.78 is 11.7. The van der Waals surface area contributed by atoms with Gasteiger partial charge in [0.1, 0.15) is 11.5 Å². The fourth-order valence-electron chi connectivity index (χ4n) is 3.38. The number of anilines is 1. The van der Waals surface area contributed by atoms with Crippen LogP contribution in [0.25, 0.3) is 0 Å². The molecule has 3 aromatic rings. The Balaban J connectivity index is 1.62. The first kappa shape index (κ1) is 22.5. The van der Waals surface area contributed by atoms with Crippen molar-refractivity contribution in [1.82, 2.24) is 4.98 Å². The number of ether oxygens (including phenoxy) is 2. The highest BCUT2D eigenvalue weighted by Gasteiger charge is 2.13. The van der Waals surface area contributed by atoms with Crippen LogP contribution in [0.1, 0.15) is 48.1 Å². The Kier molecular flexibility index (Phi) is 7.42. The zero-order valence-electron chi connectivity index (χ0n) is 18.8. The van der Waals surface area contributed by atoms with Crippen molar-refractivity contribution >= 4 is 11.6 Å². The molecule has 1 N–H and O–H groups in total. The Morgan fingerprint density at radius 1 is 0.968 bits per heavy atom. The highest BCUT2D eigenvalue weighted by atomic mass is 16.5. The fraction of sp³-hybridized carbons (Fsp3) is 0.308. The van der Waals surface area contributed by atoms with Crippen molar-refractivity contribution in [3.63, 3.8) is 0 Å². The lowest BCUT2D eigenvalue weighted by molar-refractivity contribution is 0.0190. The number of carbonyl (C=O) groups excluding carboxylic acids is 1. The van der Waals surface area contributed by atoms with Crippen LogP contribution in [0.5, 0.6) is 11.5 Å². The van der Waals surface area contributed by atoms with Gasteiger partial charge in [0, 0.05) is 17.8 Å². The lowest BCUT2D eigenvalue weighted by Crippen LogP contribution is -2.18. The minimum absolute atomic E-state index is 0.0759. The fourth-order valence-corrected chi connectivity index (χ4v) is 3.38. The maximum atomic E-state index is 12.7. The second-order valence-electron chi connectivity index (χ2n) is 7.98. The van der Waals surface area contributed by atoms with Crippen LogP contribution in [0, 0.1) is 13.8 Å². The highest BCUT2D eigenvalue weighted by molar-refractivity contribution is 6.05. The van der Waals surface area contributed by atoms with Crippen molar-refractivity contribution in [3.05, 3.63) is 83.2 Å². The molecule has 0 saturated carbocycles. The summed E-state index contributed by atoms with van der Waals surface area (Å²) in [5.74, 6) is 1.34. The standard InChI is InChI=1S/C26H30N2O3/c1-17(2)30-19(4)16-22-12-15-24(20(5)27-22)26(29)28-21-10-13-23(14-11-21)31-25-9-7-6-8-18(25)3/h6-15,17,19H,16H2,1-5H3,(H,28,29). The van der Waals surface area contributed by atoms with Crippen LogP contribution < -0.4 is 10.1 Å². The van der Waals surface area contributed by atoms with Gasteiger partial charge in [-0.15, -0.1) is 0 Å². The second-order valence-corrected chi connectivity index (χ2v) is 7.98. The zero-order chi connectivity index (χ0) is 22.4. The molecule has 0 aliphatic heterocycles. The molecular weight excluding hydrogens is 388 g/mol. The molecule has 5 nitrogen and oxygen atoms in total. The number of pyridine rings is 1. The van der Waals surface area contributed by atoms with E-state index in [9.17, 15) is 4.79 Å². The number of benzene rings is 2. The van der Waals surface area contributed by atoms with Gasteiger partial charge >= 0.3 is 0 Å². The van der Waals surface area contributed by atoms with E-state index in [1.165, 1.54) is 0 Å². The first-order chi connectivity index (χ1) is 14.8. The van der Waals surface area contributed by atoms with Gasteiger partial charge in [-0.1, -0.05) is 18.2 Å². The van der Waals surface area contributed by atoms with Crippen molar-refractivity contribution in [2.24, 2.45) is 0 Å². The Labute approximate surface area is 184 Å². The summed E-state index contributed by atoms with van der Waals surface area (Å²) in [5, 5.41) is 2.93. The largest absolute Gasteiger partial charge is 0.457 e. The Morgan fingerprint density at radius 2 is 1.68 bits per heavy atom. The first-order valence-electron chi connectivity index (χ1n) is 10.6. The molecule has 2 aromatic carbocycles. The molecule has 0 spiro atoms. The smallest absolute Gasteiger partial charge is 0.257 e. The molecule has 0 fully saturated rings. The molecule has 0 aliphatic carbocycles. The van der Waals surface area contributed by atoms with Crippen LogP contribution in [0.2, 0.25) is 0 Å². The van der Waals surface area contributed by atoms with Crippen LogP contribution >= 0.6 is 0 Å². The summed E-state index contributed by atoms with van der Waals surface area (Å²) in [4.78, 5) is 17.3. The minimum atomic E-state index is -0.185. The second kappa shape index (κ2) is 10.2.